The molecular formula is C15H19BrN4. The fourth-order valence-electron chi connectivity index (χ4n) is 3.05. The fourth-order valence-corrected chi connectivity index (χ4v) is 3.37. The molecule has 1 saturated carbocycles. The Balaban J connectivity index is 1.89. The van der Waals surface area contributed by atoms with E-state index in [1.54, 1.807) is 0 Å². The number of halogens is 1. The topological polar surface area (TPSA) is 63.8 Å². The summed E-state index contributed by atoms with van der Waals surface area (Å²) in [7, 11) is 0. The number of pyridine rings is 2. The molecule has 106 valence electrons. The lowest BCUT2D eigenvalue weighted by molar-refractivity contribution is 0.462. The summed E-state index contributed by atoms with van der Waals surface area (Å²) in [5.74, 6) is 0.679. The van der Waals surface area contributed by atoms with Gasteiger partial charge in [0.15, 0.2) is 0 Å². The molecule has 0 amide bonds. The summed E-state index contributed by atoms with van der Waals surface area (Å²) in [6, 6.07) is 4.30. The molecule has 2 heterocycles. The third kappa shape index (κ3) is 2.79. The average molecular weight is 335 g/mol. The Bertz CT molecular complexity index is 595. The van der Waals surface area contributed by atoms with Gasteiger partial charge in [-0.3, -0.25) is 9.97 Å². The smallest absolute Gasteiger partial charge is 0.112 e. The second-order valence-electron chi connectivity index (χ2n) is 5.41. The molecule has 5 heteroatoms. The van der Waals surface area contributed by atoms with Gasteiger partial charge in [0, 0.05) is 29.5 Å². The van der Waals surface area contributed by atoms with Crippen LogP contribution in [0, 0.1) is 5.92 Å². The number of nitrogens with two attached hydrogens (primary N) is 1. The molecule has 1 aliphatic rings. The monoisotopic (exact) mass is 334 g/mol. The summed E-state index contributed by atoms with van der Waals surface area (Å²) in [6.07, 6.45) is 8.83. The van der Waals surface area contributed by atoms with Gasteiger partial charge in [-0.2, -0.15) is 0 Å². The van der Waals surface area contributed by atoms with Crippen molar-refractivity contribution >= 4 is 32.7 Å². The number of hydrogen-bond donors (Lipinski definition) is 2. The predicted molar refractivity (Wildman–Crippen MR) is 85.7 cm³/mol. The van der Waals surface area contributed by atoms with Gasteiger partial charge in [0.2, 0.25) is 0 Å². The maximum absolute atomic E-state index is 5.96. The highest BCUT2D eigenvalue weighted by Gasteiger charge is 2.24. The number of nitrogens with zero attached hydrogens (tertiary/aromatic N) is 2. The first kappa shape index (κ1) is 13.8. The number of aromatic nitrogens is 2. The van der Waals surface area contributed by atoms with Crippen LogP contribution in [0.5, 0.6) is 0 Å². The van der Waals surface area contributed by atoms with Gasteiger partial charge in [-0.25, -0.2) is 0 Å². The molecule has 0 saturated heterocycles. The van der Waals surface area contributed by atoms with Crippen LogP contribution in [-0.2, 0) is 0 Å². The van der Waals surface area contributed by atoms with Crippen LogP contribution in [0.1, 0.15) is 25.7 Å². The van der Waals surface area contributed by atoms with E-state index in [-0.39, 0.29) is 0 Å². The lowest BCUT2D eigenvalue weighted by Crippen LogP contribution is -2.35. The Morgan fingerprint density at radius 2 is 2.15 bits per heavy atom. The predicted octanol–water partition coefficient (Wildman–Crippen LogP) is 3.32. The van der Waals surface area contributed by atoms with Crippen LogP contribution < -0.4 is 11.1 Å². The van der Waals surface area contributed by atoms with Crippen molar-refractivity contribution in [3.05, 3.63) is 29.0 Å². The van der Waals surface area contributed by atoms with Crippen LogP contribution in [-0.4, -0.2) is 22.6 Å². The van der Waals surface area contributed by atoms with E-state index in [0.29, 0.717) is 18.5 Å². The molecule has 1 unspecified atom stereocenters. The Morgan fingerprint density at radius 3 is 2.90 bits per heavy atom. The first-order chi connectivity index (χ1) is 9.78. The van der Waals surface area contributed by atoms with Crippen molar-refractivity contribution < 1.29 is 0 Å². The number of anilines is 1. The summed E-state index contributed by atoms with van der Waals surface area (Å²) in [5.41, 5.74) is 8.80. The lowest BCUT2D eigenvalue weighted by atomic mass is 9.98. The zero-order valence-electron chi connectivity index (χ0n) is 11.3. The standard InChI is InChI=1S/C15H19BrN4/c16-11-7-13-15(19-9-11)12(5-6-18-13)20-14(8-17)10-3-1-2-4-10/h5-7,9-10,14H,1-4,8,17H2,(H,18,20). The average Bonchev–Trinajstić information content (AvgIpc) is 2.98. The van der Waals surface area contributed by atoms with E-state index in [0.717, 1.165) is 21.2 Å². The van der Waals surface area contributed by atoms with E-state index in [4.69, 9.17) is 5.73 Å². The van der Waals surface area contributed by atoms with Crippen LogP contribution in [0.2, 0.25) is 0 Å². The Morgan fingerprint density at radius 1 is 1.35 bits per heavy atom. The quantitative estimate of drug-likeness (QED) is 0.900. The summed E-state index contributed by atoms with van der Waals surface area (Å²) in [4.78, 5) is 8.85. The molecule has 4 nitrogen and oxygen atoms in total. The van der Waals surface area contributed by atoms with Gasteiger partial charge >= 0.3 is 0 Å². The first-order valence-corrected chi connectivity index (χ1v) is 7.94. The molecule has 3 N–H and O–H groups in total. The van der Waals surface area contributed by atoms with Crippen LogP contribution in [0.15, 0.2) is 29.0 Å². The van der Waals surface area contributed by atoms with Crippen molar-refractivity contribution in [2.45, 2.75) is 31.7 Å². The van der Waals surface area contributed by atoms with E-state index in [1.165, 1.54) is 25.7 Å². The molecule has 0 aromatic carbocycles. The Labute approximate surface area is 127 Å². The zero-order valence-corrected chi connectivity index (χ0v) is 12.9. The molecule has 1 atom stereocenters. The summed E-state index contributed by atoms with van der Waals surface area (Å²) >= 11 is 3.43. The maximum Gasteiger partial charge on any atom is 0.112 e. The largest absolute Gasteiger partial charge is 0.379 e. The van der Waals surface area contributed by atoms with Gasteiger partial charge in [-0.1, -0.05) is 12.8 Å². The molecule has 0 spiro atoms. The van der Waals surface area contributed by atoms with Crippen molar-refractivity contribution in [2.75, 3.05) is 11.9 Å². The Hall–Kier alpha value is -1.20. The molecule has 2 aromatic heterocycles. The zero-order chi connectivity index (χ0) is 13.9. The van der Waals surface area contributed by atoms with E-state index in [1.807, 2.05) is 24.5 Å². The van der Waals surface area contributed by atoms with E-state index < -0.39 is 0 Å². The number of fused-ring (bicyclic) bond motifs is 1. The number of nitrogens with one attached hydrogen (secondary N) is 1. The third-order valence-corrected chi connectivity index (χ3v) is 4.54. The summed E-state index contributed by atoms with van der Waals surface area (Å²) < 4.78 is 0.945. The van der Waals surface area contributed by atoms with Crippen molar-refractivity contribution in [1.82, 2.24) is 9.97 Å². The van der Waals surface area contributed by atoms with Crippen molar-refractivity contribution in [2.24, 2.45) is 11.7 Å². The summed E-state index contributed by atoms with van der Waals surface area (Å²) in [5, 5.41) is 3.59. The summed E-state index contributed by atoms with van der Waals surface area (Å²) in [6.45, 7) is 0.658. The lowest BCUT2D eigenvalue weighted by Gasteiger charge is -2.24. The fraction of sp³-hybridized carbons (Fsp3) is 0.467. The SMILES string of the molecule is NCC(Nc1ccnc2cc(Br)cnc12)C1CCCC1. The van der Waals surface area contributed by atoms with E-state index in [9.17, 15) is 0 Å². The second kappa shape index (κ2) is 6.06. The first-order valence-electron chi connectivity index (χ1n) is 7.15. The molecule has 2 aromatic rings. The van der Waals surface area contributed by atoms with E-state index in [2.05, 4.69) is 31.2 Å². The Kier molecular flexibility index (Phi) is 4.17. The van der Waals surface area contributed by atoms with Crippen molar-refractivity contribution in [1.29, 1.82) is 0 Å². The van der Waals surface area contributed by atoms with Crippen LogP contribution in [0.4, 0.5) is 5.69 Å². The van der Waals surface area contributed by atoms with Crippen molar-refractivity contribution in [3.63, 3.8) is 0 Å². The highest BCUT2D eigenvalue weighted by atomic mass is 79.9. The minimum Gasteiger partial charge on any atom is -0.379 e. The van der Waals surface area contributed by atoms with Gasteiger partial charge in [0.1, 0.15) is 5.52 Å². The minimum atomic E-state index is 0.327. The molecule has 0 bridgehead atoms. The van der Waals surface area contributed by atoms with Gasteiger partial charge in [-0.05, 0) is 46.8 Å². The van der Waals surface area contributed by atoms with Crippen LogP contribution >= 0.6 is 15.9 Å². The third-order valence-electron chi connectivity index (χ3n) is 4.11. The molecule has 0 radical (unpaired) electrons. The highest BCUT2D eigenvalue weighted by Crippen LogP contribution is 2.30. The van der Waals surface area contributed by atoms with Gasteiger partial charge in [-0.15, -0.1) is 0 Å². The molecule has 1 aliphatic carbocycles. The van der Waals surface area contributed by atoms with Gasteiger partial charge in [0.25, 0.3) is 0 Å². The minimum absolute atomic E-state index is 0.327. The van der Waals surface area contributed by atoms with Crippen LogP contribution in [0.25, 0.3) is 11.0 Å². The number of rotatable bonds is 4. The molecule has 3 rings (SSSR count). The molecular weight excluding hydrogens is 316 g/mol. The number of hydrogen-bond acceptors (Lipinski definition) is 4. The maximum atomic E-state index is 5.96. The van der Waals surface area contributed by atoms with E-state index >= 15 is 0 Å². The highest BCUT2D eigenvalue weighted by molar-refractivity contribution is 9.10. The van der Waals surface area contributed by atoms with Crippen molar-refractivity contribution in [3.8, 4) is 0 Å². The van der Waals surface area contributed by atoms with Gasteiger partial charge < -0.3 is 11.1 Å². The van der Waals surface area contributed by atoms with Crippen LogP contribution in [0.3, 0.4) is 0 Å². The molecule has 0 aliphatic heterocycles. The van der Waals surface area contributed by atoms with Gasteiger partial charge in [0.05, 0.1) is 11.2 Å². The second-order valence-corrected chi connectivity index (χ2v) is 6.33. The molecule has 20 heavy (non-hydrogen) atoms. The molecule has 1 fully saturated rings. The normalized spacial score (nSPS) is 17.5.